The minimum atomic E-state index is -1.66. The van der Waals surface area contributed by atoms with Gasteiger partial charge in [0.2, 0.25) is 5.91 Å². The molecule has 140 valence electrons. The number of Topliss-reactive ketones (excluding diaryl/α,β-unsaturated/α-hetero) is 1. The van der Waals surface area contributed by atoms with Crippen molar-refractivity contribution in [3.05, 3.63) is 46.3 Å². The molecule has 2 aliphatic heterocycles. The Morgan fingerprint density at radius 3 is 2.70 bits per heavy atom. The molecule has 0 aliphatic carbocycles. The molecular formula is C19H19N3O4S. The lowest BCUT2D eigenvalue weighted by Gasteiger charge is -2.32. The monoisotopic (exact) mass is 385 g/mol. The Kier molecular flexibility index (Phi) is 4.89. The van der Waals surface area contributed by atoms with Crippen LogP contribution in [0.3, 0.4) is 0 Å². The van der Waals surface area contributed by atoms with Crippen molar-refractivity contribution in [1.82, 2.24) is 4.90 Å². The summed E-state index contributed by atoms with van der Waals surface area (Å²) in [6, 6.07) is 2.18. The molecule has 0 aromatic carbocycles. The molecule has 27 heavy (non-hydrogen) atoms. The van der Waals surface area contributed by atoms with Crippen molar-refractivity contribution in [3.63, 3.8) is 0 Å². The smallest absolute Gasteiger partial charge is 0.329 e. The minimum absolute atomic E-state index is 0.102. The van der Waals surface area contributed by atoms with Crippen molar-refractivity contribution < 1.29 is 19.1 Å². The number of thiophene rings is 1. The Balaban J connectivity index is 2.26. The van der Waals surface area contributed by atoms with Crippen molar-refractivity contribution in [3.8, 4) is 6.07 Å². The molecule has 2 aliphatic rings. The number of esters is 1. The maximum atomic E-state index is 13.0. The van der Waals surface area contributed by atoms with Crippen LogP contribution in [0.5, 0.6) is 0 Å². The molecule has 7 nitrogen and oxygen atoms in total. The van der Waals surface area contributed by atoms with Gasteiger partial charge in [-0.2, -0.15) is 16.6 Å². The first-order chi connectivity index (χ1) is 12.9. The van der Waals surface area contributed by atoms with Gasteiger partial charge in [-0.05, 0) is 36.2 Å². The Morgan fingerprint density at radius 2 is 2.19 bits per heavy atom. The second-order valence-electron chi connectivity index (χ2n) is 6.47. The number of hydrogen-bond donors (Lipinski definition) is 1. The first kappa shape index (κ1) is 18.9. The van der Waals surface area contributed by atoms with Gasteiger partial charge < -0.3 is 15.4 Å². The van der Waals surface area contributed by atoms with Crippen LogP contribution < -0.4 is 5.73 Å². The number of ether oxygens (including phenoxy) is 1. The quantitative estimate of drug-likeness (QED) is 0.768. The maximum Gasteiger partial charge on any atom is 0.329 e. The fraction of sp³-hybridized carbons (Fsp3) is 0.368. The van der Waals surface area contributed by atoms with E-state index in [1.807, 2.05) is 5.38 Å². The number of carbonyl (C=O) groups excluding carboxylic acids is 3. The number of fused-ring (bicyclic) bond motifs is 1. The number of primary amides is 1. The van der Waals surface area contributed by atoms with Crippen molar-refractivity contribution in [1.29, 1.82) is 5.26 Å². The third kappa shape index (κ3) is 2.75. The zero-order valence-corrected chi connectivity index (χ0v) is 15.7. The molecule has 0 radical (unpaired) electrons. The summed E-state index contributed by atoms with van der Waals surface area (Å²) in [5.41, 5.74) is 5.08. The van der Waals surface area contributed by atoms with E-state index in [4.69, 9.17) is 10.5 Å². The number of amides is 1. The van der Waals surface area contributed by atoms with Gasteiger partial charge in [-0.3, -0.25) is 14.4 Å². The maximum absolute atomic E-state index is 13.0. The van der Waals surface area contributed by atoms with Gasteiger partial charge >= 0.3 is 5.97 Å². The zero-order chi connectivity index (χ0) is 19.8. The third-order valence-corrected chi connectivity index (χ3v) is 5.76. The largest absolute Gasteiger partial charge is 0.465 e. The number of rotatable bonds is 5. The predicted molar refractivity (Wildman–Crippen MR) is 98.3 cm³/mol. The van der Waals surface area contributed by atoms with Crippen molar-refractivity contribution in [2.45, 2.75) is 31.8 Å². The van der Waals surface area contributed by atoms with Gasteiger partial charge in [0, 0.05) is 17.7 Å². The molecule has 8 heteroatoms. The second kappa shape index (κ2) is 7.00. The highest BCUT2D eigenvalue weighted by molar-refractivity contribution is 7.08. The molecule has 2 N–H and O–H groups in total. The summed E-state index contributed by atoms with van der Waals surface area (Å²) in [4.78, 5) is 38.8. The Hall–Kier alpha value is -2.92. The molecule has 3 rings (SSSR count). The molecule has 0 saturated carbocycles. The molecule has 1 aromatic rings. The van der Waals surface area contributed by atoms with Gasteiger partial charge in [0.1, 0.15) is 6.04 Å². The predicted octanol–water partition coefficient (Wildman–Crippen LogP) is 1.49. The van der Waals surface area contributed by atoms with Crippen LogP contribution in [0.4, 0.5) is 0 Å². The van der Waals surface area contributed by atoms with Crippen LogP contribution in [-0.4, -0.2) is 41.3 Å². The molecule has 1 fully saturated rings. The fourth-order valence-electron chi connectivity index (χ4n) is 3.92. The average Bonchev–Trinajstić information content (AvgIpc) is 3.25. The summed E-state index contributed by atoms with van der Waals surface area (Å²) in [6.07, 6.45) is 4.70. The summed E-state index contributed by atoms with van der Waals surface area (Å²) in [5.74, 6) is -2.38. The molecule has 0 unspecified atom stereocenters. The highest BCUT2D eigenvalue weighted by Crippen LogP contribution is 2.54. The summed E-state index contributed by atoms with van der Waals surface area (Å²) in [6.45, 7) is 3.17. The second-order valence-corrected chi connectivity index (χ2v) is 7.25. The van der Waals surface area contributed by atoms with Crippen molar-refractivity contribution in [2.75, 3.05) is 6.61 Å². The number of nitriles is 1. The van der Waals surface area contributed by atoms with Crippen LogP contribution in [0.15, 0.2) is 40.8 Å². The van der Waals surface area contributed by atoms with E-state index < -0.39 is 35.3 Å². The van der Waals surface area contributed by atoms with Crippen LogP contribution in [0.1, 0.15) is 25.3 Å². The average molecular weight is 385 g/mol. The topological polar surface area (TPSA) is 113 Å². The lowest BCUT2D eigenvalue weighted by Crippen LogP contribution is -2.45. The van der Waals surface area contributed by atoms with Gasteiger partial charge in [0.05, 0.1) is 18.7 Å². The first-order valence-corrected chi connectivity index (χ1v) is 9.41. The van der Waals surface area contributed by atoms with Crippen LogP contribution in [0.2, 0.25) is 0 Å². The standard InChI is InChI=1S/C19H19N3O4S/c1-3-26-18(25)19(10-20)14-5-4-12(11(2)23)8-22(14)16(17(21)24)15(19)13-6-7-27-9-13/h4-9,14-16H,3H2,1-2H3,(H2,21,24)/t14-,15-,16-,19+/m0/s1. The molecule has 0 bridgehead atoms. The van der Waals surface area contributed by atoms with Crippen LogP contribution >= 0.6 is 11.3 Å². The fourth-order valence-corrected chi connectivity index (χ4v) is 4.62. The third-order valence-electron chi connectivity index (χ3n) is 5.06. The Labute approximate surface area is 160 Å². The summed E-state index contributed by atoms with van der Waals surface area (Å²) >= 11 is 1.40. The van der Waals surface area contributed by atoms with Gasteiger partial charge in [0.15, 0.2) is 11.2 Å². The van der Waals surface area contributed by atoms with Gasteiger partial charge in [-0.15, -0.1) is 0 Å². The summed E-state index contributed by atoms with van der Waals surface area (Å²) in [7, 11) is 0. The van der Waals surface area contributed by atoms with Crippen molar-refractivity contribution >= 4 is 29.0 Å². The Bertz CT molecular complexity index is 883. The van der Waals surface area contributed by atoms with Gasteiger partial charge in [-0.25, -0.2) is 0 Å². The number of hydrogen-bond acceptors (Lipinski definition) is 7. The highest BCUT2D eigenvalue weighted by atomic mass is 32.1. The van der Waals surface area contributed by atoms with Crippen LogP contribution in [0, 0.1) is 16.7 Å². The number of nitrogens with two attached hydrogens (primary N) is 1. The van der Waals surface area contributed by atoms with E-state index in [2.05, 4.69) is 6.07 Å². The van der Waals surface area contributed by atoms with Crippen LogP contribution in [0.25, 0.3) is 0 Å². The summed E-state index contributed by atoms with van der Waals surface area (Å²) < 4.78 is 5.24. The highest BCUT2D eigenvalue weighted by Gasteiger charge is 2.66. The molecule has 1 aromatic heterocycles. The van der Waals surface area contributed by atoms with E-state index in [1.54, 1.807) is 35.4 Å². The van der Waals surface area contributed by atoms with Crippen molar-refractivity contribution in [2.24, 2.45) is 11.1 Å². The van der Waals surface area contributed by atoms with E-state index >= 15 is 0 Å². The molecule has 1 saturated heterocycles. The van der Waals surface area contributed by atoms with E-state index in [0.29, 0.717) is 11.1 Å². The normalized spacial score (nSPS) is 28.9. The number of allylic oxidation sites excluding steroid dienone is 2. The lowest BCUT2D eigenvalue weighted by atomic mass is 9.69. The summed E-state index contributed by atoms with van der Waals surface area (Å²) in [5, 5.41) is 13.8. The van der Waals surface area contributed by atoms with Crippen LogP contribution in [-0.2, 0) is 19.1 Å². The minimum Gasteiger partial charge on any atom is -0.465 e. The van der Waals surface area contributed by atoms with E-state index in [-0.39, 0.29) is 12.4 Å². The lowest BCUT2D eigenvalue weighted by molar-refractivity contribution is -0.153. The zero-order valence-electron chi connectivity index (χ0n) is 14.9. The number of carbonyl (C=O) groups is 3. The molecule has 3 heterocycles. The van der Waals surface area contributed by atoms with Gasteiger partial charge in [0.25, 0.3) is 0 Å². The van der Waals surface area contributed by atoms with E-state index in [1.165, 1.54) is 24.5 Å². The Morgan fingerprint density at radius 1 is 1.44 bits per heavy atom. The van der Waals surface area contributed by atoms with E-state index in [0.717, 1.165) is 0 Å². The SMILES string of the molecule is CCOC(=O)[C@]1(C#N)[C@@H]2C=CC(C(C)=O)=CN2[C@H](C(N)=O)[C@@H]1c1ccsc1. The molecule has 0 spiro atoms. The number of ketones is 1. The van der Waals surface area contributed by atoms with Gasteiger partial charge in [-0.1, -0.05) is 12.2 Å². The molecular weight excluding hydrogens is 366 g/mol. The number of nitrogens with zero attached hydrogens (tertiary/aromatic N) is 2. The molecule has 1 amide bonds. The molecule has 4 atom stereocenters. The first-order valence-electron chi connectivity index (χ1n) is 8.46. The van der Waals surface area contributed by atoms with E-state index in [9.17, 15) is 19.6 Å².